The summed E-state index contributed by atoms with van der Waals surface area (Å²) in [7, 11) is 0. The van der Waals surface area contributed by atoms with Crippen LogP contribution in [0.1, 0.15) is 32.3 Å². The van der Waals surface area contributed by atoms with Crippen molar-refractivity contribution in [3.8, 4) is 5.75 Å². The molecule has 1 aromatic rings. The van der Waals surface area contributed by atoms with Crippen LogP contribution in [0.4, 0.5) is 0 Å². The maximum absolute atomic E-state index is 9.32. The van der Waals surface area contributed by atoms with Crippen molar-refractivity contribution in [3.05, 3.63) is 29.8 Å². The molecule has 94 valence electrons. The molecule has 1 aliphatic heterocycles. The number of phenolic OH excluding ortho intramolecular Hbond substituents is 1. The average Bonchev–Trinajstić information content (AvgIpc) is 2.30. The highest BCUT2D eigenvalue weighted by Crippen LogP contribution is 2.24. The minimum atomic E-state index is -0.0459. The molecule has 0 amide bonds. The van der Waals surface area contributed by atoms with Crippen LogP contribution in [-0.4, -0.2) is 24.2 Å². The van der Waals surface area contributed by atoms with Gasteiger partial charge in [0.1, 0.15) is 5.75 Å². The van der Waals surface area contributed by atoms with E-state index in [1.54, 1.807) is 12.1 Å². The Kier molecular flexibility index (Phi) is 3.69. The van der Waals surface area contributed by atoms with Crippen molar-refractivity contribution >= 4 is 0 Å². The number of phenols is 1. The topological polar surface area (TPSA) is 44.3 Å². The largest absolute Gasteiger partial charge is 0.508 e. The lowest BCUT2D eigenvalue weighted by Crippen LogP contribution is -2.48. The number of hydrogen-bond donors (Lipinski definition) is 3. The summed E-state index contributed by atoms with van der Waals surface area (Å²) in [6.45, 7) is 6.59. The van der Waals surface area contributed by atoms with E-state index in [1.807, 2.05) is 12.1 Å². The van der Waals surface area contributed by atoms with Gasteiger partial charge in [0.05, 0.1) is 0 Å². The van der Waals surface area contributed by atoms with E-state index in [0.717, 1.165) is 13.1 Å². The molecule has 0 radical (unpaired) electrons. The molecule has 1 aliphatic rings. The second-order valence-electron chi connectivity index (χ2n) is 5.34. The lowest BCUT2D eigenvalue weighted by atomic mass is 9.91. The van der Waals surface area contributed by atoms with Crippen molar-refractivity contribution in [1.29, 1.82) is 0 Å². The predicted molar refractivity (Wildman–Crippen MR) is 70.2 cm³/mol. The highest BCUT2D eigenvalue weighted by atomic mass is 16.3. The summed E-state index contributed by atoms with van der Waals surface area (Å²) in [5.74, 6) is 0.325. The Labute approximate surface area is 103 Å². The molecule has 0 atom stereocenters. The molecule has 1 saturated heterocycles. The first-order valence-electron chi connectivity index (χ1n) is 6.36. The number of piperidine rings is 1. The fourth-order valence-electron chi connectivity index (χ4n) is 2.44. The molecular formula is C14H22N2O. The van der Waals surface area contributed by atoms with Gasteiger partial charge in [-0.3, -0.25) is 0 Å². The number of rotatable bonds is 3. The van der Waals surface area contributed by atoms with E-state index < -0.39 is 0 Å². The summed E-state index contributed by atoms with van der Waals surface area (Å²) in [4.78, 5) is 0. The molecular weight excluding hydrogens is 212 g/mol. The molecule has 3 heteroatoms. The summed E-state index contributed by atoms with van der Waals surface area (Å²) in [6, 6.07) is 8.06. The standard InChI is InChI=1S/C14H22N2O/c1-14(2,11-3-5-13(17)6-4-11)16-12-7-9-15-10-8-12/h3-6,12,15-17H,7-10H2,1-2H3. The van der Waals surface area contributed by atoms with E-state index >= 15 is 0 Å². The maximum Gasteiger partial charge on any atom is 0.115 e. The second kappa shape index (κ2) is 5.07. The van der Waals surface area contributed by atoms with Crippen LogP contribution in [0, 0.1) is 0 Å². The van der Waals surface area contributed by atoms with Gasteiger partial charge in [-0.05, 0) is 57.5 Å². The third-order valence-electron chi connectivity index (χ3n) is 3.49. The fraction of sp³-hybridized carbons (Fsp3) is 0.571. The summed E-state index contributed by atoms with van der Waals surface area (Å²) < 4.78 is 0. The Morgan fingerprint density at radius 3 is 2.35 bits per heavy atom. The highest BCUT2D eigenvalue weighted by Gasteiger charge is 2.24. The van der Waals surface area contributed by atoms with Gasteiger partial charge in [-0.15, -0.1) is 0 Å². The molecule has 2 rings (SSSR count). The predicted octanol–water partition coefficient (Wildman–Crippen LogP) is 1.97. The molecule has 1 heterocycles. The van der Waals surface area contributed by atoms with Gasteiger partial charge < -0.3 is 15.7 Å². The van der Waals surface area contributed by atoms with Gasteiger partial charge in [0.2, 0.25) is 0 Å². The molecule has 0 aromatic heterocycles. The SMILES string of the molecule is CC(C)(NC1CCNCC1)c1ccc(O)cc1. The first-order chi connectivity index (χ1) is 8.08. The van der Waals surface area contributed by atoms with E-state index in [9.17, 15) is 5.11 Å². The molecule has 0 unspecified atom stereocenters. The molecule has 3 N–H and O–H groups in total. The van der Waals surface area contributed by atoms with Crippen molar-refractivity contribution in [2.24, 2.45) is 0 Å². The van der Waals surface area contributed by atoms with E-state index in [0.29, 0.717) is 11.8 Å². The van der Waals surface area contributed by atoms with Crippen molar-refractivity contribution in [1.82, 2.24) is 10.6 Å². The van der Waals surface area contributed by atoms with Gasteiger partial charge in [0.15, 0.2) is 0 Å². The molecule has 3 nitrogen and oxygen atoms in total. The summed E-state index contributed by atoms with van der Waals surface area (Å²) in [6.07, 6.45) is 2.36. The maximum atomic E-state index is 9.32. The smallest absolute Gasteiger partial charge is 0.115 e. The van der Waals surface area contributed by atoms with Crippen LogP contribution in [0.15, 0.2) is 24.3 Å². The molecule has 1 fully saturated rings. The van der Waals surface area contributed by atoms with E-state index in [2.05, 4.69) is 24.5 Å². The minimum Gasteiger partial charge on any atom is -0.508 e. The zero-order chi connectivity index (χ0) is 12.3. The first-order valence-corrected chi connectivity index (χ1v) is 6.36. The van der Waals surface area contributed by atoms with Crippen molar-refractivity contribution in [2.45, 2.75) is 38.3 Å². The number of aromatic hydroxyl groups is 1. The molecule has 1 aromatic carbocycles. The first kappa shape index (κ1) is 12.4. The van der Waals surface area contributed by atoms with Crippen LogP contribution in [0.25, 0.3) is 0 Å². The van der Waals surface area contributed by atoms with Crippen LogP contribution in [-0.2, 0) is 5.54 Å². The Morgan fingerprint density at radius 1 is 1.18 bits per heavy atom. The Hall–Kier alpha value is -1.06. The number of hydrogen-bond acceptors (Lipinski definition) is 3. The molecule has 0 aliphatic carbocycles. The normalized spacial score (nSPS) is 18.2. The zero-order valence-corrected chi connectivity index (χ0v) is 10.7. The zero-order valence-electron chi connectivity index (χ0n) is 10.7. The van der Waals surface area contributed by atoms with E-state index in [1.165, 1.54) is 18.4 Å². The Morgan fingerprint density at radius 2 is 1.76 bits per heavy atom. The van der Waals surface area contributed by atoms with Crippen LogP contribution in [0.3, 0.4) is 0 Å². The summed E-state index contributed by atoms with van der Waals surface area (Å²) in [5, 5.41) is 16.4. The molecule has 17 heavy (non-hydrogen) atoms. The van der Waals surface area contributed by atoms with Crippen LogP contribution in [0.2, 0.25) is 0 Å². The average molecular weight is 234 g/mol. The lowest BCUT2D eigenvalue weighted by molar-refractivity contribution is 0.291. The molecule has 0 spiro atoms. The Bertz CT molecular complexity index is 353. The second-order valence-corrected chi connectivity index (χ2v) is 5.34. The summed E-state index contributed by atoms with van der Waals surface area (Å²) in [5.41, 5.74) is 1.17. The molecule has 0 bridgehead atoms. The van der Waals surface area contributed by atoms with Crippen molar-refractivity contribution in [2.75, 3.05) is 13.1 Å². The fourth-order valence-corrected chi connectivity index (χ4v) is 2.44. The number of benzene rings is 1. The highest BCUT2D eigenvalue weighted by molar-refractivity contribution is 5.30. The van der Waals surface area contributed by atoms with Crippen LogP contribution in [0.5, 0.6) is 5.75 Å². The number of nitrogens with one attached hydrogen (secondary N) is 2. The van der Waals surface area contributed by atoms with Crippen molar-refractivity contribution in [3.63, 3.8) is 0 Å². The van der Waals surface area contributed by atoms with Gasteiger partial charge >= 0.3 is 0 Å². The monoisotopic (exact) mass is 234 g/mol. The van der Waals surface area contributed by atoms with Gasteiger partial charge in [0.25, 0.3) is 0 Å². The van der Waals surface area contributed by atoms with Crippen molar-refractivity contribution < 1.29 is 5.11 Å². The van der Waals surface area contributed by atoms with Gasteiger partial charge in [-0.2, -0.15) is 0 Å². The van der Waals surface area contributed by atoms with Gasteiger partial charge in [0, 0.05) is 11.6 Å². The van der Waals surface area contributed by atoms with E-state index in [4.69, 9.17) is 0 Å². The van der Waals surface area contributed by atoms with Crippen LogP contribution >= 0.6 is 0 Å². The van der Waals surface area contributed by atoms with Gasteiger partial charge in [-0.1, -0.05) is 12.1 Å². The lowest BCUT2D eigenvalue weighted by Gasteiger charge is -2.34. The van der Waals surface area contributed by atoms with E-state index in [-0.39, 0.29) is 5.54 Å². The Balaban J connectivity index is 2.04. The third-order valence-corrected chi connectivity index (χ3v) is 3.49. The summed E-state index contributed by atoms with van der Waals surface area (Å²) >= 11 is 0. The minimum absolute atomic E-state index is 0.0459. The quantitative estimate of drug-likeness (QED) is 0.749. The van der Waals surface area contributed by atoms with Gasteiger partial charge in [-0.25, -0.2) is 0 Å². The molecule has 0 saturated carbocycles. The van der Waals surface area contributed by atoms with Crippen LogP contribution < -0.4 is 10.6 Å². The third kappa shape index (κ3) is 3.20.